The minimum Gasteiger partial charge on any atom is -0.389 e. The first-order valence-corrected chi connectivity index (χ1v) is 12.6. The van der Waals surface area contributed by atoms with Gasteiger partial charge in [-0.3, -0.25) is 4.98 Å². The van der Waals surface area contributed by atoms with Crippen LogP contribution in [0.2, 0.25) is 0 Å². The van der Waals surface area contributed by atoms with Crippen LogP contribution in [-0.4, -0.2) is 70.3 Å². The van der Waals surface area contributed by atoms with Crippen molar-refractivity contribution in [3.05, 3.63) is 59.5 Å². The summed E-state index contributed by atoms with van der Waals surface area (Å²) < 4.78 is 22.3. The largest absolute Gasteiger partial charge is 0.389 e. The van der Waals surface area contributed by atoms with Crippen LogP contribution in [-0.2, 0) is 4.74 Å². The Kier molecular flexibility index (Phi) is 6.30. The van der Waals surface area contributed by atoms with Crippen molar-refractivity contribution in [2.75, 3.05) is 14.1 Å². The van der Waals surface area contributed by atoms with Crippen LogP contribution >= 0.6 is 0 Å². The lowest BCUT2D eigenvalue weighted by Crippen LogP contribution is -2.54. The van der Waals surface area contributed by atoms with Crippen LogP contribution in [0.3, 0.4) is 0 Å². The van der Waals surface area contributed by atoms with E-state index in [1.807, 2.05) is 37.3 Å². The third kappa shape index (κ3) is 3.89. The smallest absolute Gasteiger partial charge is 0.132 e. The molecule has 8 atom stereocenters. The first-order chi connectivity index (χ1) is 16.2. The number of ether oxygens (including phenoxy) is 1. The van der Waals surface area contributed by atoms with Crippen molar-refractivity contribution in [1.82, 2.24) is 9.88 Å². The van der Waals surface area contributed by atoms with Gasteiger partial charge < -0.3 is 19.8 Å². The number of fused-ring (bicyclic) bond motifs is 2. The fraction of sp³-hybridized carbons (Fsp3) is 0.607. The monoisotopic (exact) mass is 468 g/mol. The maximum atomic E-state index is 15.4. The molecule has 2 saturated heterocycles. The predicted molar refractivity (Wildman–Crippen MR) is 131 cm³/mol. The molecule has 3 heterocycles. The van der Waals surface area contributed by atoms with Crippen molar-refractivity contribution in [1.29, 1.82) is 0 Å². The number of hydrogen-bond acceptors (Lipinski definition) is 5. The van der Waals surface area contributed by atoms with Crippen molar-refractivity contribution >= 4 is 6.08 Å². The number of rotatable bonds is 3. The number of alkyl halides is 1. The van der Waals surface area contributed by atoms with E-state index >= 15 is 4.39 Å². The van der Waals surface area contributed by atoms with Gasteiger partial charge in [-0.15, -0.1) is 0 Å². The number of nitrogens with zero attached hydrogens (tertiary/aromatic N) is 2. The van der Waals surface area contributed by atoms with E-state index in [0.29, 0.717) is 6.42 Å². The number of aromatic nitrogens is 1. The zero-order chi connectivity index (χ0) is 24.1. The van der Waals surface area contributed by atoms with Crippen molar-refractivity contribution in [2.24, 2.45) is 11.3 Å². The lowest BCUT2D eigenvalue weighted by Gasteiger charge is -2.51. The van der Waals surface area contributed by atoms with E-state index in [-0.39, 0.29) is 29.9 Å². The molecule has 4 aliphatic rings. The normalized spacial score (nSPS) is 42.3. The molecule has 0 radical (unpaired) electrons. The molecule has 2 N–H and O–H groups in total. The van der Waals surface area contributed by atoms with Gasteiger partial charge in [0.2, 0.25) is 0 Å². The molecule has 0 aromatic carbocycles. The highest BCUT2D eigenvalue weighted by molar-refractivity contribution is 5.54. The number of aliphatic hydroxyl groups is 2. The third-order valence-electron chi connectivity index (χ3n) is 8.93. The Morgan fingerprint density at radius 3 is 2.76 bits per heavy atom. The van der Waals surface area contributed by atoms with Crippen molar-refractivity contribution in [2.45, 2.75) is 81.6 Å². The lowest BCUT2D eigenvalue weighted by molar-refractivity contribution is -0.120. The molecule has 0 amide bonds. The van der Waals surface area contributed by atoms with Gasteiger partial charge in [0.15, 0.2) is 0 Å². The van der Waals surface area contributed by atoms with Gasteiger partial charge in [-0.25, -0.2) is 4.39 Å². The molecular weight excluding hydrogens is 431 g/mol. The van der Waals surface area contributed by atoms with E-state index in [4.69, 9.17) is 4.74 Å². The van der Waals surface area contributed by atoms with E-state index in [1.165, 1.54) is 5.57 Å². The molecule has 8 unspecified atom stereocenters. The summed E-state index contributed by atoms with van der Waals surface area (Å²) in [5, 5.41) is 21.5. The van der Waals surface area contributed by atoms with Gasteiger partial charge in [-0.2, -0.15) is 0 Å². The summed E-state index contributed by atoms with van der Waals surface area (Å²) in [7, 11) is 3.74. The Labute approximate surface area is 202 Å². The van der Waals surface area contributed by atoms with Crippen LogP contribution in [0.5, 0.6) is 0 Å². The van der Waals surface area contributed by atoms with Crippen LogP contribution in [0.15, 0.2) is 53.9 Å². The summed E-state index contributed by atoms with van der Waals surface area (Å²) >= 11 is 0. The van der Waals surface area contributed by atoms with Gasteiger partial charge in [-0.1, -0.05) is 37.3 Å². The van der Waals surface area contributed by atoms with Crippen LogP contribution in [0.4, 0.5) is 4.39 Å². The summed E-state index contributed by atoms with van der Waals surface area (Å²) in [6.07, 6.45) is 12.5. The highest BCUT2D eigenvalue weighted by Crippen LogP contribution is 2.62. The standard InChI is InChI=1S/C28H37FN2O3/c1-27-12-10-20-15-22(29)25(32)26(33)23(31(2)3)16-21-11-13-28(20,34-21)24(27)9-8-19(27)7-6-18-5-4-14-30-17-18/h4-8,10,14,17,21-26,32-33H,9,11-13,15-16H2,1-3H3. The minimum atomic E-state index is -1.52. The van der Waals surface area contributed by atoms with E-state index in [9.17, 15) is 10.2 Å². The molecule has 2 fully saturated rings. The first-order valence-electron chi connectivity index (χ1n) is 12.6. The van der Waals surface area contributed by atoms with Gasteiger partial charge in [0, 0.05) is 36.2 Å². The van der Waals surface area contributed by atoms with E-state index in [1.54, 1.807) is 6.20 Å². The highest BCUT2D eigenvalue weighted by atomic mass is 19.1. The Hall–Kier alpha value is -1.86. The van der Waals surface area contributed by atoms with Crippen molar-refractivity contribution < 1.29 is 19.3 Å². The number of likely N-dealkylation sites (N-methyl/N-ethyl adjacent to an activating group) is 1. The molecule has 2 aliphatic carbocycles. The molecule has 1 aromatic rings. The van der Waals surface area contributed by atoms with Gasteiger partial charge in [0.1, 0.15) is 12.3 Å². The van der Waals surface area contributed by atoms with Crippen molar-refractivity contribution in [3.63, 3.8) is 0 Å². The topological polar surface area (TPSA) is 65.8 Å². The second kappa shape index (κ2) is 8.98. The number of pyridine rings is 1. The Morgan fingerprint density at radius 2 is 2.03 bits per heavy atom. The molecule has 0 saturated carbocycles. The molecule has 1 spiro atoms. The maximum absolute atomic E-state index is 15.4. The van der Waals surface area contributed by atoms with Gasteiger partial charge >= 0.3 is 0 Å². The van der Waals surface area contributed by atoms with Crippen LogP contribution in [0.25, 0.3) is 6.08 Å². The second-order valence-electron chi connectivity index (χ2n) is 11.1. The van der Waals surface area contributed by atoms with E-state index in [0.717, 1.165) is 36.8 Å². The van der Waals surface area contributed by atoms with Crippen LogP contribution < -0.4 is 0 Å². The zero-order valence-corrected chi connectivity index (χ0v) is 20.4. The van der Waals surface area contributed by atoms with Gasteiger partial charge in [0.05, 0.1) is 17.8 Å². The number of halogens is 1. The number of hydrogen-bond donors (Lipinski definition) is 2. The molecule has 2 bridgehead atoms. The lowest BCUT2D eigenvalue weighted by atomic mass is 9.58. The summed E-state index contributed by atoms with van der Waals surface area (Å²) in [5.41, 5.74) is 2.74. The van der Waals surface area contributed by atoms with E-state index < -0.39 is 24.0 Å². The molecule has 5 nitrogen and oxygen atoms in total. The summed E-state index contributed by atoms with van der Waals surface area (Å²) in [5.74, 6) is 0.227. The Bertz CT molecular complexity index is 993. The third-order valence-corrected chi connectivity index (χ3v) is 8.93. The summed E-state index contributed by atoms with van der Waals surface area (Å²) in [6, 6.07) is 3.63. The Morgan fingerprint density at radius 1 is 1.21 bits per heavy atom. The fourth-order valence-corrected chi connectivity index (χ4v) is 6.96. The average molecular weight is 469 g/mol. The second-order valence-corrected chi connectivity index (χ2v) is 11.1. The first kappa shape index (κ1) is 23.9. The van der Waals surface area contributed by atoms with Crippen LogP contribution in [0, 0.1) is 11.3 Å². The van der Waals surface area contributed by atoms with Crippen molar-refractivity contribution in [3.8, 4) is 0 Å². The molecule has 34 heavy (non-hydrogen) atoms. The summed E-state index contributed by atoms with van der Waals surface area (Å²) in [6.45, 7) is 2.32. The minimum absolute atomic E-state index is 0.0221. The molecule has 2 aliphatic heterocycles. The molecule has 1 aromatic heterocycles. The molecule has 184 valence electrons. The number of allylic oxidation sites excluding steroid dienone is 4. The molecule has 5 rings (SSSR count). The maximum Gasteiger partial charge on any atom is 0.132 e. The fourth-order valence-electron chi connectivity index (χ4n) is 6.96. The number of aliphatic hydroxyl groups excluding tert-OH is 2. The Balaban J connectivity index is 1.47. The quantitative estimate of drug-likeness (QED) is 0.655. The van der Waals surface area contributed by atoms with Gasteiger partial charge in [-0.05, 0) is 69.0 Å². The van der Waals surface area contributed by atoms with Gasteiger partial charge in [0.25, 0.3) is 0 Å². The average Bonchev–Trinajstić information content (AvgIpc) is 3.39. The summed E-state index contributed by atoms with van der Waals surface area (Å²) in [4.78, 5) is 6.09. The predicted octanol–water partition coefficient (Wildman–Crippen LogP) is 4.08. The van der Waals surface area contributed by atoms with E-state index in [2.05, 4.69) is 36.2 Å². The molecule has 6 heteroatoms. The van der Waals surface area contributed by atoms with Crippen LogP contribution in [0.1, 0.15) is 51.0 Å². The highest BCUT2D eigenvalue weighted by Gasteiger charge is 2.60. The SMILES string of the molecule is CN(C)C1CC2CCC3(O2)C(=CCC2(C)C(C=Cc4cccnc4)=CCC23)CC(F)C(O)C1O. The molecular formula is C28H37FN2O3. The zero-order valence-electron chi connectivity index (χ0n) is 20.4.